The Labute approximate surface area is 82.9 Å². The highest BCUT2D eigenvalue weighted by molar-refractivity contribution is 4.79. The largest absolute Gasteiger partial charge is 0.396 e. The van der Waals surface area contributed by atoms with Crippen LogP contribution in [-0.4, -0.2) is 37.3 Å². The Hall–Kier alpha value is -0.0800. The smallest absolute Gasteiger partial charge is 0.0499 e. The maximum atomic E-state index is 9.43. The van der Waals surface area contributed by atoms with Crippen LogP contribution in [0.1, 0.15) is 39.5 Å². The third kappa shape index (κ3) is 4.63. The number of nitrogens with zero attached hydrogens (tertiary/aromatic N) is 1. The standard InChI is InChI=1S/C11H25NO/c1-5-7-8-11(6-2,10-13)9-12(3)4/h13H,5-10H2,1-4H3. The minimum atomic E-state index is 0.138. The molecule has 0 bridgehead atoms. The molecule has 0 aliphatic carbocycles. The van der Waals surface area contributed by atoms with Crippen LogP contribution in [0.25, 0.3) is 0 Å². The third-order valence-corrected chi connectivity index (χ3v) is 2.80. The summed E-state index contributed by atoms with van der Waals surface area (Å²) in [5.74, 6) is 0. The molecule has 0 aliphatic heterocycles. The van der Waals surface area contributed by atoms with Crippen LogP contribution >= 0.6 is 0 Å². The molecule has 2 heteroatoms. The van der Waals surface area contributed by atoms with Gasteiger partial charge in [0.05, 0.1) is 0 Å². The van der Waals surface area contributed by atoms with Gasteiger partial charge in [0, 0.05) is 18.6 Å². The van der Waals surface area contributed by atoms with Crippen LogP contribution < -0.4 is 0 Å². The first-order chi connectivity index (χ1) is 6.10. The summed E-state index contributed by atoms with van der Waals surface area (Å²) in [5.41, 5.74) is 0.138. The van der Waals surface area contributed by atoms with E-state index in [9.17, 15) is 5.11 Å². The van der Waals surface area contributed by atoms with Crippen molar-refractivity contribution >= 4 is 0 Å². The molecule has 1 unspecified atom stereocenters. The topological polar surface area (TPSA) is 23.5 Å². The highest BCUT2D eigenvalue weighted by Gasteiger charge is 2.27. The second-order valence-corrected chi connectivity index (χ2v) is 4.35. The highest BCUT2D eigenvalue weighted by Crippen LogP contribution is 2.28. The van der Waals surface area contributed by atoms with Crippen molar-refractivity contribution in [1.29, 1.82) is 0 Å². The predicted octanol–water partition coefficient (Wildman–Crippen LogP) is 2.13. The van der Waals surface area contributed by atoms with Crippen molar-refractivity contribution < 1.29 is 5.11 Å². The Bertz CT molecular complexity index is 119. The Balaban J connectivity index is 4.13. The molecule has 0 amide bonds. The Morgan fingerprint density at radius 1 is 1.23 bits per heavy atom. The van der Waals surface area contributed by atoms with Gasteiger partial charge in [-0.1, -0.05) is 26.7 Å². The molecule has 0 saturated heterocycles. The first kappa shape index (κ1) is 12.9. The zero-order valence-corrected chi connectivity index (χ0v) is 9.64. The molecule has 80 valence electrons. The molecule has 1 N–H and O–H groups in total. The Morgan fingerprint density at radius 2 is 1.85 bits per heavy atom. The van der Waals surface area contributed by atoms with Gasteiger partial charge in [0.2, 0.25) is 0 Å². The average Bonchev–Trinajstić information content (AvgIpc) is 2.12. The van der Waals surface area contributed by atoms with Crippen molar-refractivity contribution in [3.63, 3.8) is 0 Å². The van der Waals surface area contributed by atoms with E-state index in [-0.39, 0.29) is 5.41 Å². The molecule has 0 aliphatic rings. The van der Waals surface area contributed by atoms with Crippen LogP contribution in [0, 0.1) is 5.41 Å². The van der Waals surface area contributed by atoms with Crippen LogP contribution in [0.3, 0.4) is 0 Å². The van der Waals surface area contributed by atoms with Crippen LogP contribution in [0.4, 0.5) is 0 Å². The maximum absolute atomic E-state index is 9.43. The van der Waals surface area contributed by atoms with Crippen LogP contribution in [0.5, 0.6) is 0 Å². The van der Waals surface area contributed by atoms with E-state index in [1.165, 1.54) is 12.8 Å². The summed E-state index contributed by atoms with van der Waals surface area (Å²) in [4.78, 5) is 2.18. The molecular weight excluding hydrogens is 162 g/mol. The minimum absolute atomic E-state index is 0.138. The van der Waals surface area contributed by atoms with E-state index in [1.54, 1.807) is 0 Å². The summed E-state index contributed by atoms with van der Waals surface area (Å²) in [6, 6.07) is 0. The van der Waals surface area contributed by atoms with E-state index >= 15 is 0 Å². The zero-order chi connectivity index (χ0) is 10.3. The Kier molecular flexibility index (Phi) is 6.35. The lowest BCUT2D eigenvalue weighted by Gasteiger charge is -2.33. The van der Waals surface area contributed by atoms with Crippen molar-refractivity contribution in [1.82, 2.24) is 4.90 Å². The summed E-state index contributed by atoms with van der Waals surface area (Å²) in [5, 5.41) is 9.43. The fourth-order valence-electron chi connectivity index (χ4n) is 1.83. The van der Waals surface area contributed by atoms with Crippen molar-refractivity contribution in [2.75, 3.05) is 27.2 Å². The summed E-state index contributed by atoms with van der Waals surface area (Å²) in [7, 11) is 4.15. The van der Waals surface area contributed by atoms with E-state index in [4.69, 9.17) is 0 Å². The second-order valence-electron chi connectivity index (χ2n) is 4.35. The lowest BCUT2D eigenvalue weighted by atomic mass is 9.80. The molecule has 0 fully saturated rings. The van der Waals surface area contributed by atoms with Gasteiger partial charge < -0.3 is 10.0 Å². The zero-order valence-electron chi connectivity index (χ0n) is 9.64. The lowest BCUT2D eigenvalue weighted by Crippen LogP contribution is -2.36. The number of hydrogen-bond acceptors (Lipinski definition) is 2. The number of rotatable bonds is 7. The molecule has 0 spiro atoms. The number of aliphatic hydroxyl groups is 1. The van der Waals surface area contributed by atoms with Gasteiger partial charge in [-0.3, -0.25) is 0 Å². The molecule has 0 aromatic rings. The molecule has 13 heavy (non-hydrogen) atoms. The molecule has 0 heterocycles. The van der Waals surface area contributed by atoms with E-state index in [0.29, 0.717) is 6.61 Å². The van der Waals surface area contributed by atoms with Crippen LogP contribution in [-0.2, 0) is 0 Å². The normalized spacial score (nSPS) is 16.2. The minimum Gasteiger partial charge on any atom is -0.396 e. The van der Waals surface area contributed by atoms with Gasteiger partial charge in [-0.25, -0.2) is 0 Å². The fourth-order valence-corrected chi connectivity index (χ4v) is 1.83. The van der Waals surface area contributed by atoms with Crippen LogP contribution in [0.15, 0.2) is 0 Å². The molecule has 0 rings (SSSR count). The van der Waals surface area contributed by atoms with Crippen molar-refractivity contribution in [3.05, 3.63) is 0 Å². The maximum Gasteiger partial charge on any atom is 0.0499 e. The first-order valence-corrected chi connectivity index (χ1v) is 5.36. The predicted molar refractivity (Wildman–Crippen MR) is 57.9 cm³/mol. The number of hydrogen-bond donors (Lipinski definition) is 1. The summed E-state index contributed by atoms with van der Waals surface area (Å²) >= 11 is 0. The van der Waals surface area contributed by atoms with Gasteiger partial charge in [-0.2, -0.15) is 0 Å². The summed E-state index contributed by atoms with van der Waals surface area (Å²) in [6.45, 7) is 5.70. The molecule has 0 radical (unpaired) electrons. The van der Waals surface area contributed by atoms with E-state index in [0.717, 1.165) is 19.4 Å². The van der Waals surface area contributed by atoms with E-state index in [2.05, 4.69) is 32.8 Å². The first-order valence-electron chi connectivity index (χ1n) is 5.36. The molecule has 2 nitrogen and oxygen atoms in total. The average molecular weight is 187 g/mol. The number of unbranched alkanes of at least 4 members (excludes halogenated alkanes) is 1. The van der Waals surface area contributed by atoms with Crippen molar-refractivity contribution in [3.8, 4) is 0 Å². The van der Waals surface area contributed by atoms with E-state index in [1.807, 2.05) is 0 Å². The third-order valence-electron chi connectivity index (χ3n) is 2.80. The second kappa shape index (κ2) is 6.39. The molecular formula is C11H25NO. The van der Waals surface area contributed by atoms with Crippen molar-refractivity contribution in [2.45, 2.75) is 39.5 Å². The summed E-state index contributed by atoms with van der Waals surface area (Å²) in [6.07, 6.45) is 4.66. The van der Waals surface area contributed by atoms with E-state index < -0.39 is 0 Å². The summed E-state index contributed by atoms with van der Waals surface area (Å²) < 4.78 is 0. The molecule has 0 aromatic heterocycles. The SMILES string of the molecule is CCCCC(CC)(CO)CN(C)C. The van der Waals surface area contributed by atoms with Gasteiger partial charge >= 0.3 is 0 Å². The molecule has 0 aromatic carbocycles. The highest BCUT2D eigenvalue weighted by atomic mass is 16.3. The number of aliphatic hydroxyl groups excluding tert-OH is 1. The quantitative estimate of drug-likeness (QED) is 0.660. The van der Waals surface area contributed by atoms with Crippen molar-refractivity contribution in [2.24, 2.45) is 5.41 Å². The van der Waals surface area contributed by atoms with Gasteiger partial charge in [0.25, 0.3) is 0 Å². The van der Waals surface area contributed by atoms with Gasteiger partial charge in [0.1, 0.15) is 0 Å². The lowest BCUT2D eigenvalue weighted by molar-refractivity contribution is 0.0769. The van der Waals surface area contributed by atoms with Gasteiger partial charge in [0.15, 0.2) is 0 Å². The monoisotopic (exact) mass is 187 g/mol. The van der Waals surface area contributed by atoms with Gasteiger partial charge in [-0.05, 0) is 26.9 Å². The van der Waals surface area contributed by atoms with Crippen LogP contribution in [0.2, 0.25) is 0 Å². The molecule has 1 atom stereocenters. The molecule has 0 saturated carbocycles. The van der Waals surface area contributed by atoms with Gasteiger partial charge in [-0.15, -0.1) is 0 Å². The Morgan fingerprint density at radius 3 is 2.15 bits per heavy atom. The fraction of sp³-hybridized carbons (Fsp3) is 1.00.